The average molecular weight is 368 g/mol. The van der Waals surface area contributed by atoms with Gasteiger partial charge in [0, 0.05) is 25.2 Å². The van der Waals surface area contributed by atoms with Gasteiger partial charge in [-0.15, -0.1) is 6.58 Å². The number of rotatable bonds is 6. The Kier molecular flexibility index (Phi) is 6.35. The monoisotopic (exact) mass is 368 g/mol. The number of hydrogen-bond donors (Lipinski definition) is 1. The molecule has 0 unspecified atom stereocenters. The zero-order valence-electron chi connectivity index (χ0n) is 14.7. The van der Waals surface area contributed by atoms with Gasteiger partial charge in [0.1, 0.15) is 10.7 Å². The minimum atomic E-state index is -4.03. The summed E-state index contributed by atoms with van der Waals surface area (Å²) in [7, 11) is -2.32. The first-order chi connectivity index (χ1) is 11.8. The van der Waals surface area contributed by atoms with E-state index < -0.39 is 20.7 Å². The average Bonchev–Trinajstić information content (AvgIpc) is 2.59. The molecule has 2 rings (SSSR count). The topological polar surface area (TPSA) is 66.5 Å². The molecular weight excluding hydrogens is 343 g/mol. The minimum absolute atomic E-state index is 0.0138. The van der Waals surface area contributed by atoms with Crippen LogP contribution in [0.15, 0.2) is 35.7 Å². The fraction of sp³-hybridized carbons (Fsp3) is 0.500. The third-order valence-corrected chi connectivity index (χ3v) is 6.18. The predicted octanol–water partition coefficient (Wildman–Crippen LogP) is 2.94. The highest BCUT2D eigenvalue weighted by molar-refractivity contribution is 7.89. The summed E-state index contributed by atoms with van der Waals surface area (Å²) in [5.74, 6) is -0.514. The largest absolute Gasteiger partial charge is 0.339 e. The maximum absolute atomic E-state index is 14.0. The number of benzene rings is 1. The van der Waals surface area contributed by atoms with Gasteiger partial charge in [0.25, 0.3) is 5.91 Å². The van der Waals surface area contributed by atoms with Crippen LogP contribution in [0.1, 0.15) is 43.0 Å². The van der Waals surface area contributed by atoms with Crippen molar-refractivity contribution >= 4 is 15.9 Å². The van der Waals surface area contributed by atoms with Gasteiger partial charge in [-0.3, -0.25) is 4.79 Å². The van der Waals surface area contributed by atoms with E-state index in [9.17, 15) is 17.6 Å². The number of halogens is 1. The van der Waals surface area contributed by atoms with Crippen LogP contribution in [0, 0.1) is 11.7 Å². The number of hydrogen-bond acceptors (Lipinski definition) is 3. The van der Waals surface area contributed by atoms with Gasteiger partial charge in [-0.05, 0) is 49.8 Å². The molecule has 0 spiro atoms. The van der Waals surface area contributed by atoms with Gasteiger partial charge in [0.15, 0.2) is 0 Å². The van der Waals surface area contributed by atoms with Crippen LogP contribution in [0.3, 0.4) is 0 Å². The molecule has 0 atom stereocenters. The zero-order valence-corrected chi connectivity index (χ0v) is 15.5. The molecular formula is C18H25FN2O3S. The summed E-state index contributed by atoms with van der Waals surface area (Å²) < 4.78 is 40.5. The van der Waals surface area contributed by atoms with Crippen LogP contribution in [0.2, 0.25) is 0 Å². The second-order valence-electron chi connectivity index (χ2n) is 6.62. The van der Waals surface area contributed by atoms with E-state index in [1.54, 1.807) is 11.9 Å². The van der Waals surface area contributed by atoms with Gasteiger partial charge in [-0.25, -0.2) is 17.5 Å². The lowest BCUT2D eigenvalue weighted by Gasteiger charge is -2.33. The van der Waals surface area contributed by atoms with Crippen molar-refractivity contribution in [3.05, 3.63) is 42.2 Å². The molecule has 1 N–H and O–H groups in total. The van der Waals surface area contributed by atoms with E-state index in [2.05, 4.69) is 18.2 Å². The van der Waals surface area contributed by atoms with Crippen LogP contribution in [0.5, 0.6) is 0 Å². The summed E-state index contributed by atoms with van der Waals surface area (Å²) in [6, 6.07) is 3.58. The molecule has 25 heavy (non-hydrogen) atoms. The Morgan fingerprint density at radius 3 is 2.60 bits per heavy atom. The highest BCUT2D eigenvalue weighted by Gasteiger charge is 2.27. The second-order valence-corrected chi connectivity index (χ2v) is 8.35. The Labute approximate surface area is 149 Å². The molecule has 0 bridgehead atoms. The molecule has 1 amide bonds. The van der Waals surface area contributed by atoms with Crippen LogP contribution < -0.4 is 4.72 Å². The van der Waals surface area contributed by atoms with E-state index in [4.69, 9.17) is 0 Å². The van der Waals surface area contributed by atoms with Crippen LogP contribution in [-0.2, 0) is 10.0 Å². The number of carbonyl (C=O) groups is 1. The SMILES string of the molecule is C=CCNS(=O)(=O)c1cc(C(=O)N(C)C2CCC(C)CC2)ccc1F. The van der Waals surface area contributed by atoms with Gasteiger partial charge >= 0.3 is 0 Å². The van der Waals surface area contributed by atoms with Crippen molar-refractivity contribution in [2.75, 3.05) is 13.6 Å². The Bertz CT molecular complexity index is 741. The molecule has 1 aliphatic carbocycles. The number of sulfonamides is 1. The fourth-order valence-corrected chi connectivity index (χ4v) is 4.19. The number of nitrogens with one attached hydrogen (secondary N) is 1. The van der Waals surface area contributed by atoms with Crippen molar-refractivity contribution in [1.82, 2.24) is 9.62 Å². The first kappa shape index (κ1) is 19.6. The molecule has 1 fully saturated rings. The molecule has 0 aromatic heterocycles. The molecule has 1 aliphatic rings. The van der Waals surface area contributed by atoms with Crippen molar-refractivity contribution in [2.45, 2.75) is 43.5 Å². The maximum atomic E-state index is 14.0. The van der Waals surface area contributed by atoms with Gasteiger partial charge < -0.3 is 4.90 Å². The molecule has 7 heteroatoms. The second kappa shape index (κ2) is 8.10. The molecule has 1 aromatic carbocycles. The Balaban J connectivity index is 2.23. The highest BCUT2D eigenvalue weighted by atomic mass is 32.2. The summed E-state index contributed by atoms with van der Waals surface area (Å²) in [5.41, 5.74) is 0.168. The third kappa shape index (κ3) is 4.67. The summed E-state index contributed by atoms with van der Waals surface area (Å²) >= 11 is 0. The first-order valence-corrected chi connectivity index (χ1v) is 9.92. The van der Waals surface area contributed by atoms with Crippen LogP contribution in [0.25, 0.3) is 0 Å². The molecule has 0 saturated heterocycles. The molecule has 138 valence electrons. The Morgan fingerprint density at radius 1 is 1.36 bits per heavy atom. The molecule has 5 nitrogen and oxygen atoms in total. The van der Waals surface area contributed by atoms with Gasteiger partial charge in [0.05, 0.1) is 0 Å². The zero-order chi connectivity index (χ0) is 18.6. The van der Waals surface area contributed by atoms with E-state index in [0.29, 0.717) is 5.92 Å². The highest BCUT2D eigenvalue weighted by Crippen LogP contribution is 2.27. The van der Waals surface area contributed by atoms with Crippen LogP contribution >= 0.6 is 0 Å². The number of nitrogens with zero attached hydrogens (tertiary/aromatic N) is 1. The van der Waals surface area contributed by atoms with E-state index in [1.807, 2.05) is 0 Å². The van der Waals surface area contributed by atoms with Crippen molar-refractivity contribution in [3.63, 3.8) is 0 Å². The number of amides is 1. The molecule has 0 radical (unpaired) electrons. The minimum Gasteiger partial charge on any atom is -0.339 e. The Morgan fingerprint density at radius 2 is 2.00 bits per heavy atom. The standard InChI is InChI=1S/C18H25FN2O3S/c1-4-11-20-25(23,24)17-12-14(7-10-16(17)19)18(22)21(3)15-8-5-13(2)6-9-15/h4,7,10,12-13,15,20H,1,5-6,8-9,11H2,2-3H3. The lowest BCUT2D eigenvalue weighted by Crippen LogP contribution is -2.39. The summed E-state index contributed by atoms with van der Waals surface area (Å²) in [4.78, 5) is 13.8. The molecule has 0 heterocycles. The fourth-order valence-electron chi connectivity index (χ4n) is 3.09. The van der Waals surface area contributed by atoms with E-state index in [1.165, 1.54) is 12.1 Å². The van der Waals surface area contributed by atoms with E-state index >= 15 is 0 Å². The first-order valence-electron chi connectivity index (χ1n) is 8.43. The quantitative estimate of drug-likeness (QED) is 0.785. The predicted molar refractivity (Wildman–Crippen MR) is 95.3 cm³/mol. The summed E-state index contributed by atoms with van der Waals surface area (Å²) in [6.07, 6.45) is 5.35. The van der Waals surface area contributed by atoms with Gasteiger partial charge in [-0.1, -0.05) is 13.0 Å². The molecule has 1 saturated carbocycles. The number of carbonyl (C=O) groups excluding carboxylic acids is 1. The third-order valence-electron chi connectivity index (χ3n) is 4.74. The van der Waals surface area contributed by atoms with Crippen LogP contribution in [-0.4, -0.2) is 38.9 Å². The lowest BCUT2D eigenvalue weighted by atomic mass is 9.86. The summed E-state index contributed by atoms with van der Waals surface area (Å²) in [5, 5.41) is 0. The summed E-state index contributed by atoms with van der Waals surface area (Å²) in [6.45, 7) is 5.61. The van der Waals surface area contributed by atoms with E-state index in [0.717, 1.165) is 37.8 Å². The van der Waals surface area contributed by atoms with Crippen LogP contribution in [0.4, 0.5) is 4.39 Å². The van der Waals surface area contributed by atoms with Crippen molar-refractivity contribution in [1.29, 1.82) is 0 Å². The maximum Gasteiger partial charge on any atom is 0.253 e. The molecule has 0 aliphatic heterocycles. The Hall–Kier alpha value is -1.73. The van der Waals surface area contributed by atoms with Crippen molar-refractivity contribution < 1.29 is 17.6 Å². The van der Waals surface area contributed by atoms with Crippen molar-refractivity contribution in [2.24, 2.45) is 5.92 Å². The molecule has 1 aromatic rings. The van der Waals surface area contributed by atoms with Gasteiger partial charge in [-0.2, -0.15) is 0 Å². The van der Waals surface area contributed by atoms with Gasteiger partial charge in [0.2, 0.25) is 10.0 Å². The normalized spacial score (nSPS) is 20.9. The van der Waals surface area contributed by atoms with Crippen molar-refractivity contribution in [3.8, 4) is 0 Å². The van der Waals surface area contributed by atoms with E-state index in [-0.39, 0.29) is 24.1 Å². The lowest BCUT2D eigenvalue weighted by molar-refractivity contribution is 0.0679. The smallest absolute Gasteiger partial charge is 0.253 e.